The Balaban J connectivity index is 2.10. The van der Waals surface area contributed by atoms with E-state index in [0.717, 1.165) is 10.0 Å². The smallest absolute Gasteiger partial charge is 0.337 e. The van der Waals surface area contributed by atoms with E-state index in [1.54, 1.807) is 0 Å². The SMILES string of the molecule is O=C(O)c1cnc(NCc2cccc(Br)c2)c(Cl)c1. The zero-order valence-electron chi connectivity index (χ0n) is 9.73. The van der Waals surface area contributed by atoms with Gasteiger partial charge in [0.25, 0.3) is 0 Å². The summed E-state index contributed by atoms with van der Waals surface area (Å²) in [5.74, 6) is -0.584. The summed E-state index contributed by atoms with van der Waals surface area (Å²) in [4.78, 5) is 14.8. The Labute approximate surface area is 123 Å². The third-order valence-corrected chi connectivity index (χ3v) is 3.22. The van der Waals surface area contributed by atoms with Crippen LogP contribution in [0.3, 0.4) is 0 Å². The third-order valence-electron chi connectivity index (χ3n) is 2.44. The molecular weight excluding hydrogens is 332 g/mol. The van der Waals surface area contributed by atoms with Gasteiger partial charge in [-0.2, -0.15) is 0 Å². The number of halogens is 2. The summed E-state index contributed by atoms with van der Waals surface area (Å²) < 4.78 is 0.993. The fraction of sp³-hybridized carbons (Fsp3) is 0.0769. The van der Waals surface area contributed by atoms with Crippen molar-refractivity contribution in [1.82, 2.24) is 4.98 Å². The summed E-state index contributed by atoms with van der Waals surface area (Å²) >= 11 is 9.37. The van der Waals surface area contributed by atoms with Gasteiger partial charge in [-0.25, -0.2) is 9.78 Å². The predicted octanol–water partition coefficient (Wildman–Crippen LogP) is 3.81. The number of carbonyl (C=O) groups is 1. The maximum atomic E-state index is 10.8. The molecule has 0 fully saturated rings. The maximum absolute atomic E-state index is 10.8. The minimum atomic E-state index is -1.05. The molecule has 0 saturated heterocycles. The topological polar surface area (TPSA) is 62.2 Å². The van der Waals surface area contributed by atoms with Crippen molar-refractivity contribution in [3.05, 3.63) is 57.2 Å². The lowest BCUT2D eigenvalue weighted by atomic mass is 10.2. The molecule has 1 heterocycles. The fourth-order valence-corrected chi connectivity index (χ4v) is 2.20. The van der Waals surface area contributed by atoms with Crippen molar-refractivity contribution in [2.24, 2.45) is 0 Å². The lowest BCUT2D eigenvalue weighted by Gasteiger charge is -2.08. The summed E-state index contributed by atoms with van der Waals surface area (Å²) in [5.41, 5.74) is 1.13. The lowest BCUT2D eigenvalue weighted by Crippen LogP contribution is -2.04. The van der Waals surface area contributed by atoms with Crippen LogP contribution in [0.25, 0.3) is 0 Å². The Morgan fingerprint density at radius 1 is 1.42 bits per heavy atom. The van der Waals surface area contributed by atoms with Crippen LogP contribution >= 0.6 is 27.5 Å². The van der Waals surface area contributed by atoms with E-state index >= 15 is 0 Å². The maximum Gasteiger partial charge on any atom is 0.337 e. The molecule has 0 radical (unpaired) electrons. The largest absolute Gasteiger partial charge is 0.478 e. The highest BCUT2D eigenvalue weighted by Crippen LogP contribution is 2.21. The number of hydrogen-bond donors (Lipinski definition) is 2. The number of benzene rings is 1. The molecule has 19 heavy (non-hydrogen) atoms. The van der Waals surface area contributed by atoms with Crippen LogP contribution in [0.5, 0.6) is 0 Å². The lowest BCUT2D eigenvalue weighted by molar-refractivity contribution is 0.0696. The molecule has 0 aliphatic carbocycles. The zero-order valence-corrected chi connectivity index (χ0v) is 12.1. The van der Waals surface area contributed by atoms with Crippen LogP contribution in [0, 0.1) is 0 Å². The molecule has 6 heteroatoms. The van der Waals surface area contributed by atoms with Crippen LogP contribution in [0.2, 0.25) is 5.02 Å². The Bertz CT molecular complexity index is 619. The van der Waals surface area contributed by atoms with Crippen molar-refractivity contribution in [2.75, 3.05) is 5.32 Å². The molecule has 0 spiro atoms. The van der Waals surface area contributed by atoms with Crippen molar-refractivity contribution in [2.45, 2.75) is 6.54 Å². The minimum Gasteiger partial charge on any atom is -0.478 e. The fourth-order valence-electron chi connectivity index (χ4n) is 1.52. The molecule has 4 nitrogen and oxygen atoms in total. The first-order valence-electron chi connectivity index (χ1n) is 5.43. The number of rotatable bonds is 4. The van der Waals surface area contributed by atoms with Crippen LogP contribution in [0.1, 0.15) is 15.9 Å². The molecule has 0 saturated carbocycles. The van der Waals surface area contributed by atoms with Crippen molar-refractivity contribution in [3.8, 4) is 0 Å². The van der Waals surface area contributed by atoms with Crippen molar-refractivity contribution < 1.29 is 9.90 Å². The second-order valence-corrected chi connectivity index (χ2v) is 5.17. The Morgan fingerprint density at radius 3 is 2.84 bits per heavy atom. The van der Waals surface area contributed by atoms with E-state index in [0.29, 0.717) is 12.4 Å². The van der Waals surface area contributed by atoms with E-state index in [4.69, 9.17) is 16.7 Å². The Hall–Kier alpha value is -1.59. The molecule has 2 N–H and O–H groups in total. The average molecular weight is 342 g/mol. The number of nitrogens with zero attached hydrogens (tertiary/aromatic N) is 1. The molecule has 0 bridgehead atoms. The highest BCUT2D eigenvalue weighted by molar-refractivity contribution is 9.10. The monoisotopic (exact) mass is 340 g/mol. The summed E-state index contributed by atoms with van der Waals surface area (Å²) in [6.07, 6.45) is 1.28. The van der Waals surface area contributed by atoms with Gasteiger partial charge in [0.1, 0.15) is 5.82 Å². The molecular formula is C13H10BrClN2O2. The van der Waals surface area contributed by atoms with Crippen LogP contribution < -0.4 is 5.32 Å². The van der Waals surface area contributed by atoms with Gasteiger partial charge in [0.2, 0.25) is 0 Å². The van der Waals surface area contributed by atoms with Crippen molar-refractivity contribution in [1.29, 1.82) is 0 Å². The highest BCUT2D eigenvalue weighted by atomic mass is 79.9. The first kappa shape index (κ1) is 13.8. The number of aromatic carboxylic acids is 1. The second-order valence-electron chi connectivity index (χ2n) is 3.84. The van der Waals surface area contributed by atoms with E-state index in [2.05, 4.69) is 26.2 Å². The first-order chi connectivity index (χ1) is 9.06. The summed E-state index contributed by atoms with van der Waals surface area (Å²) in [5, 5.41) is 12.2. The zero-order chi connectivity index (χ0) is 13.8. The molecule has 0 unspecified atom stereocenters. The Kier molecular flexibility index (Phi) is 4.39. The van der Waals surface area contributed by atoms with Crippen LogP contribution in [-0.2, 0) is 6.54 Å². The quantitative estimate of drug-likeness (QED) is 0.888. The summed E-state index contributed by atoms with van der Waals surface area (Å²) in [6.45, 7) is 0.554. The number of pyridine rings is 1. The van der Waals surface area contributed by atoms with Gasteiger partial charge in [-0.05, 0) is 23.8 Å². The third kappa shape index (κ3) is 3.68. The molecule has 0 aliphatic rings. The van der Waals surface area contributed by atoms with Crippen LogP contribution in [-0.4, -0.2) is 16.1 Å². The van der Waals surface area contributed by atoms with E-state index in [-0.39, 0.29) is 10.6 Å². The number of carboxylic acid groups (broad SMARTS) is 1. The number of hydrogen-bond acceptors (Lipinski definition) is 3. The second kappa shape index (κ2) is 6.04. The van der Waals surface area contributed by atoms with E-state index in [1.165, 1.54) is 12.3 Å². The van der Waals surface area contributed by atoms with Crippen LogP contribution in [0.15, 0.2) is 41.0 Å². The molecule has 0 aliphatic heterocycles. The van der Waals surface area contributed by atoms with Gasteiger partial charge in [-0.1, -0.05) is 39.7 Å². The van der Waals surface area contributed by atoms with Gasteiger partial charge in [0.05, 0.1) is 10.6 Å². The van der Waals surface area contributed by atoms with Gasteiger partial charge in [0, 0.05) is 17.2 Å². The molecule has 98 valence electrons. The number of aromatic nitrogens is 1. The minimum absolute atomic E-state index is 0.0676. The van der Waals surface area contributed by atoms with Crippen LogP contribution in [0.4, 0.5) is 5.82 Å². The van der Waals surface area contributed by atoms with Crippen molar-refractivity contribution in [3.63, 3.8) is 0 Å². The normalized spacial score (nSPS) is 10.2. The average Bonchev–Trinajstić information content (AvgIpc) is 2.37. The molecule has 1 aromatic heterocycles. The number of carboxylic acids is 1. The standard InChI is InChI=1S/C13H10BrClN2O2/c14-10-3-1-2-8(4-10)6-16-12-11(15)5-9(7-17-12)13(18)19/h1-5,7H,6H2,(H,16,17)(H,18,19). The Morgan fingerprint density at radius 2 is 2.21 bits per heavy atom. The predicted molar refractivity (Wildman–Crippen MR) is 77.7 cm³/mol. The highest BCUT2D eigenvalue weighted by Gasteiger charge is 2.08. The number of anilines is 1. The van der Waals surface area contributed by atoms with Gasteiger partial charge in [-0.3, -0.25) is 0 Å². The van der Waals surface area contributed by atoms with Gasteiger partial charge in [0.15, 0.2) is 0 Å². The van der Waals surface area contributed by atoms with E-state index in [9.17, 15) is 4.79 Å². The van der Waals surface area contributed by atoms with Gasteiger partial charge < -0.3 is 10.4 Å². The summed E-state index contributed by atoms with van der Waals surface area (Å²) in [7, 11) is 0. The molecule has 0 atom stereocenters. The van der Waals surface area contributed by atoms with Gasteiger partial charge in [-0.15, -0.1) is 0 Å². The molecule has 0 amide bonds. The summed E-state index contributed by atoms with van der Waals surface area (Å²) in [6, 6.07) is 9.20. The first-order valence-corrected chi connectivity index (χ1v) is 6.60. The number of nitrogens with one attached hydrogen (secondary N) is 1. The molecule has 2 rings (SSSR count). The molecule has 1 aromatic carbocycles. The van der Waals surface area contributed by atoms with E-state index < -0.39 is 5.97 Å². The van der Waals surface area contributed by atoms with Crippen molar-refractivity contribution >= 4 is 39.3 Å². The van der Waals surface area contributed by atoms with Gasteiger partial charge >= 0.3 is 5.97 Å². The van der Waals surface area contributed by atoms with E-state index in [1.807, 2.05) is 24.3 Å². The molecule has 2 aromatic rings.